The number of alkyl halides is 3. The summed E-state index contributed by atoms with van der Waals surface area (Å²) in [7, 11) is 1.46. The van der Waals surface area contributed by atoms with E-state index in [1.165, 1.54) is 7.05 Å². The molecule has 2 heterocycles. The van der Waals surface area contributed by atoms with Crippen molar-refractivity contribution >= 4 is 11.8 Å². The van der Waals surface area contributed by atoms with Gasteiger partial charge in [0.25, 0.3) is 0 Å². The Morgan fingerprint density at radius 1 is 1.15 bits per heavy atom. The summed E-state index contributed by atoms with van der Waals surface area (Å²) in [6.07, 6.45) is -1.30. The highest BCUT2D eigenvalue weighted by Gasteiger charge is 2.33. The Hall–Kier alpha value is -2.38. The smallest absolute Gasteiger partial charge is 0.366 e. The molecule has 106 valence electrons. The minimum Gasteiger partial charge on any atom is -0.366 e. The Labute approximate surface area is 113 Å². The first-order valence-corrected chi connectivity index (χ1v) is 5.76. The van der Waals surface area contributed by atoms with Gasteiger partial charge in [-0.25, -0.2) is 4.98 Å². The zero-order valence-corrected chi connectivity index (χ0v) is 10.6. The molecule has 0 amide bonds. The minimum atomic E-state index is -4.51. The van der Waals surface area contributed by atoms with Crippen LogP contribution in [-0.4, -0.2) is 22.0 Å². The lowest BCUT2D eigenvalue weighted by Gasteiger charge is -2.11. The quantitative estimate of drug-likeness (QED) is 0.903. The van der Waals surface area contributed by atoms with E-state index < -0.39 is 11.9 Å². The zero-order chi connectivity index (χ0) is 14.6. The fourth-order valence-electron chi connectivity index (χ4n) is 1.49. The Morgan fingerprint density at radius 2 is 1.85 bits per heavy atom. The molecular formula is C12H12F3N5. The van der Waals surface area contributed by atoms with Crippen LogP contribution in [0.15, 0.2) is 30.6 Å². The summed E-state index contributed by atoms with van der Waals surface area (Å²) in [6, 6.07) is 4.40. The average Bonchev–Trinajstić information content (AvgIpc) is 2.45. The van der Waals surface area contributed by atoms with Crippen LogP contribution in [0.25, 0.3) is 0 Å². The second-order valence-electron chi connectivity index (χ2n) is 3.92. The molecule has 0 fully saturated rings. The fraction of sp³-hybridized carbons (Fsp3) is 0.250. The Kier molecular flexibility index (Phi) is 4.02. The number of rotatable bonds is 4. The van der Waals surface area contributed by atoms with E-state index in [1.807, 2.05) is 0 Å². The monoisotopic (exact) mass is 283 g/mol. The van der Waals surface area contributed by atoms with E-state index in [2.05, 4.69) is 25.6 Å². The van der Waals surface area contributed by atoms with Crippen LogP contribution in [0.4, 0.5) is 24.9 Å². The second kappa shape index (κ2) is 5.72. The van der Waals surface area contributed by atoms with Crippen molar-refractivity contribution in [3.8, 4) is 0 Å². The van der Waals surface area contributed by atoms with Crippen molar-refractivity contribution in [2.75, 3.05) is 17.7 Å². The highest BCUT2D eigenvalue weighted by molar-refractivity contribution is 5.43. The Bertz CT molecular complexity index is 571. The molecule has 5 nitrogen and oxygen atoms in total. The lowest BCUT2D eigenvalue weighted by molar-refractivity contribution is -0.141. The number of hydrogen-bond acceptors (Lipinski definition) is 5. The van der Waals surface area contributed by atoms with Crippen molar-refractivity contribution in [3.05, 3.63) is 41.9 Å². The molecule has 2 aromatic heterocycles. The largest absolute Gasteiger partial charge is 0.433 e. The number of aromatic nitrogens is 3. The third-order valence-corrected chi connectivity index (χ3v) is 2.46. The molecule has 0 unspecified atom stereocenters. The van der Waals surface area contributed by atoms with Crippen LogP contribution in [0, 0.1) is 0 Å². The van der Waals surface area contributed by atoms with E-state index in [9.17, 15) is 13.2 Å². The summed E-state index contributed by atoms with van der Waals surface area (Å²) < 4.78 is 38.1. The maximum atomic E-state index is 12.7. The van der Waals surface area contributed by atoms with Crippen molar-refractivity contribution in [3.63, 3.8) is 0 Å². The highest BCUT2D eigenvalue weighted by atomic mass is 19.4. The van der Waals surface area contributed by atoms with Crippen molar-refractivity contribution in [1.29, 1.82) is 0 Å². The van der Waals surface area contributed by atoms with Crippen molar-refractivity contribution in [2.45, 2.75) is 12.7 Å². The molecule has 0 saturated carbocycles. The number of hydrogen-bond donors (Lipinski definition) is 2. The van der Waals surface area contributed by atoms with Gasteiger partial charge in [-0.2, -0.15) is 18.2 Å². The maximum Gasteiger partial charge on any atom is 0.433 e. The van der Waals surface area contributed by atoms with E-state index in [1.54, 1.807) is 24.5 Å². The van der Waals surface area contributed by atoms with Gasteiger partial charge >= 0.3 is 6.18 Å². The molecule has 0 aliphatic rings. The van der Waals surface area contributed by atoms with Crippen LogP contribution in [0.3, 0.4) is 0 Å². The summed E-state index contributed by atoms with van der Waals surface area (Å²) in [6.45, 7) is 0.347. The SMILES string of the molecule is CNc1nc(NCc2ccncc2)cc(C(F)(F)F)n1. The molecule has 20 heavy (non-hydrogen) atoms. The van der Waals surface area contributed by atoms with Crippen molar-refractivity contribution in [2.24, 2.45) is 0 Å². The predicted octanol–water partition coefficient (Wildman–Crippen LogP) is 2.54. The molecule has 2 aromatic rings. The minimum absolute atomic E-state index is 0.0861. The number of pyridine rings is 1. The average molecular weight is 283 g/mol. The lowest BCUT2D eigenvalue weighted by Crippen LogP contribution is -2.13. The number of anilines is 2. The van der Waals surface area contributed by atoms with Gasteiger partial charge in [-0.1, -0.05) is 0 Å². The first-order chi connectivity index (χ1) is 9.49. The first-order valence-electron chi connectivity index (χ1n) is 5.76. The summed E-state index contributed by atoms with van der Waals surface area (Å²) in [4.78, 5) is 11.2. The topological polar surface area (TPSA) is 62.7 Å². The van der Waals surface area contributed by atoms with Gasteiger partial charge in [-0.05, 0) is 17.7 Å². The summed E-state index contributed by atoms with van der Waals surface area (Å²) in [5, 5.41) is 5.34. The van der Waals surface area contributed by atoms with E-state index in [4.69, 9.17) is 0 Å². The standard InChI is InChI=1S/C12H12F3N5/c1-16-11-19-9(12(13,14)15)6-10(20-11)18-7-8-2-4-17-5-3-8/h2-6H,7H2,1H3,(H2,16,18,19,20). The van der Waals surface area contributed by atoms with Crippen molar-refractivity contribution < 1.29 is 13.2 Å². The van der Waals surface area contributed by atoms with E-state index in [0.717, 1.165) is 11.6 Å². The van der Waals surface area contributed by atoms with Crippen LogP contribution in [0.1, 0.15) is 11.3 Å². The third-order valence-electron chi connectivity index (χ3n) is 2.46. The zero-order valence-electron chi connectivity index (χ0n) is 10.6. The number of nitrogens with one attached hydrogen (secondary N) is 2. The summed E-state index contributed by atoms with van der Waals surface area (Å²) in [5.41, 5.74) is -0.104. The van der Waals surface area contributed by atoms with E-state index in [-0.39, 0.29) is 11.8 Å². The van der Waals surface area contributed by atoms with E-state index >= 15 is 0 Å². The van der Waals surface area contributed by atoms with Crippen LogP contribution >= 0.6 is 0 Å². The molecule has 0 spiro atoms. The Morgan fingerprint density at radius 3 is 2.45 bits per heavy atom. The molecule has 0 atom stereocenters. The molecule has 0 aromatic carbocycles. The predicted molar refractivity (Wildman–Crippen MR) is 68.1 cm³/mol. The van der Waals surface area contributed by atoms with Gasteiger partial charge in [-0.15, -0.1) is 0 Å². The molecule has 0 aliphatic heterocycles. The van der Waals surface area contributed by atoms with Gasteiger partial charge in [0, 0.05) is 32.1 Å². The molecule has 0 bridgehead atoms. The van der Waals surface area contributed by atoms with Gasteiger partial charge in [0.15, 0.2) is 5.69 Å². The molecule has 2 N–H and O–H groups in total. The van der Waals surface area contributed by atoms with Gasteiger partial charge in [-0.3, -0.25) is 4.98 Å². The highest BCUT2D eigenvalue weighted by Crippen LogP contribution is 2.29. The van der Waals surface area contributed by atoms with Crippen LogP contribution in [0.5, 0.6) is 0 Å². The van der Waals surface area contributed by atoms with Crippen LogP contribution < -0.4 is 10.6 Å². The van der Waals surface area contributed by atoms with Crippen LogP contribution in [-0.2, 0) is 12.7 Å². The molecule has 0 saturated heterocycles. The van der Waals surface area contributed by atoms with Crippen molar-refractivity contribution in [1.82, 2.24) is 15.0 Å². The molecule has 8 heteroatoms. The van der Waals surface area contributed by atoms with E-state index in [0.29, 0.717) is 6.54 Å². The third kappa shape index (κ3) is 3.56. The normalized spacial score (nSPS) is 11.2. The second-order valence-corrected chi connectivity index (χ2v) is 3.92. The Balaban J connectivity index is 2.19. The van der Waals surface area contributed by atoms with Gasteiger partial charge in [0.05, 0.1) is 0 Å². The molecule has 0 radical (unpaired) electrons. The number of nitrogens with zero attached hydrogens (tertiary/aromatic N) is 3. The number of halogens is 3. The van der Waals surface area contributed by atoms with Gasteiger partial charge < -0.3 is 10.6 Å². The summed E-state index contributed by atoms with van der Waals surface area (Å²) in [5.74, 6) is 0.0190. The first kappa shape index (κ1) is 14.0. The maximum absolute atomic E-state index is 12.7. The lowest BCUT2D eigenvalue weighted by atomic mass is 10.2. The summed E-state index contributed by atoms with van der Waals surface area (Å²) >= 11 is 0. The molecule has 2 rings (SSSR count). The molecule has 0 aliphatic carbocycles. The van der Waals surface area contributed by atoms with Crippen LogP contribution in [0.2, 0.25) is 0 Å². The van der Waals surface area contributed by atoms with Gasteiger partial charge in [0.2, 0.25) is 5.95 Å². The fourth-order valence-corrected chi connectivity index (χ4v) is 1.49. The molecular weight excluding hydrogens is 271 g/mol. The van der Waals surface area contributed by atoms with Gasteiger partial charge in [0.1, 0.15) is 5.82 Å².